The molecule has 0 saturated heterocycles. The maximum Gasteiger partial charge on any atom is 0.322 e. The molecular weight excluding hydrogens is 469 g/mol. The van der Waals surface area contributed by atoms with Crippen LogP contribution in [0.2, 0.25) is 0 Å². The number of nitrogens with zero attached hydrogens (tertiary/aromatic N) is 4. The van der Waals surface area contributed by atoms with Crippen LogP contribution >= 0.6 is 0 Å². The first-order chi connectivity index (χ1) is 17.9. The minimum atomic E-state index is -0.410. The number of urea groups is 1. The van der Waals surface area contributed by atoms with Gasteiger partial charge in [0.15, 0.2) is 0 Å². The summed E-state index contributed by atoms with van der Waals surface area (Å²) < 4.78 is 15.4. The topological polar surface area (TPSA) is 70.5 Å². The van der Waals surface area contributed by atoms with Crippen molar-refractivity contribution in [2.45, 2.75) is 26.4 Å². The number of hydrogen-bond acceptors (Lipinski definition) is 3. The van der Waals surface area contributed by atoms with Crippen molar-refractivity contribution in [3.63, 3.8) is 0 Å². The molecule has 1 aromatic heterocycles. The summed E-state index contributed by atoms with van der Waals surface area (Å²) in [4.78, 5) is 30.0. The molecule has 8 heteroatoms. The van der Waals surface area contributed by atoms with E-state index in [0.717, 1.165) is 28.2 Å². The smallest absolute Gasteiger partial charge is 0.320 e. The predicted octanol–water partition coefficient (Wildman–Crippen LogP) is 5.30. The first kappa shape index (κ1) is 24.2. The fourth-order valence-corrected chi connectivity index (χ4v) is 4.63. The van der Waals surface area contributed by atoms with E-state index in [9.17, 15) is 14.0 Å². The molecule has 188 valence electrons. The molecule has 0 radical (unpaired) electrons. The molecule has 2 heterocycles. The molecule has 3 aromatic carbocycles. The molecule has 0 unspecified atom stereocenters. The highest BCUT2D eigenvalue weighted by molar-refractivity contribution is 6.06. The highest BCUT2D eigenvalue weighted by Crippen LogP contribution is 2.27. The van der Waals surface area contributed by atoms with Gasteiger partial charge in [0.2, 0.25) is 0 Å². The molecule has 0 aliphatic carbocycles. The van der Waals surface area contributed by atoms with Crippen LogP contribution in [0.5, 0.6) is 0 Å². The standard InChI is InChI=1S/C29H28FN5O2/c1-20-11-13-21(14-12-20)28(36)35(24-9-4-3-5-10-24)19-26-25-18-34(16-15-27(25)33(2)32-26)29(37)31-23-8-6-7-22(30)17-23/h3-14,17H,15-16,18-19H2,1-2H3,(H,31,37). The van der Waals surface area contributed by atoms with Crippen LogP contribution < -0.4 is 10.2 Å². The molecule has 0 saturated carbocycles. The highest BCUT2D eigenvalue weighted by atomic mass is 19.1. The molecular formula is C29H28FN5O2. The van der Waals surface area contributed by atoms with Gasteiger partial charge < -0.3 is 15.1 Å². The minimum Gasteiger partial charge on any atom is -0.320 e. The highest BCUT2D eigenvalue weighted by Gasteiger charge is 2.29. The molecule has 0 bridgehead atoms. The lowest BCUT2D eigenvalue weighted by molar-refractivity contribution is 0.0984. The Labute approximate surface area is 215 Å². The normalized spacial score (nSPS) is 12.7. The van der Waals surface area contributed by atoms with Crippen LogP contribution in [0, 0.1) is 12.7 Å². The summed E-state index contributed by atoms with van der Waals surface area (Å²) in [7, 11) is 1.89. The van der Waals surface area contributed by atoms with Crippen molar-refractivity contribution >= 4 is 23.3 Å². The summed E-state index contributed by atoms with van der Waals surface area (Å²) in [5.41, 5.74) is 5.56. The number of aromatic nitrogens is 2. The van der Waals surface area contributed by atoms with Gasteiger partial charge in [-0.25, -0.2) is 9.18 Å². The summed E-state index contributed by atoms with van der Waals surface area (Å²) >= 11 is 0. The first-order valence-corrected chi connectivity index (χ1v) is 12.2. The number of nitrogens with one attached hydrogen (secondary N) is 1. The van der Waals surface area contributed by atoms with E-state index in [0.29, 0.717) is 30.8 Å². The summed E-state index contributed by atoms with van der Waals surface area (Å²) in [5.74, 6) is -0.533. The number of carbonyl (C=O) groups excluding carboxylic acids is 2. The van der Waals surface area contributed by atoms with E-state index >= 15 is 0 Å². The van der Waals surface area contributed by atoms with E-state index in [1.807, 2.05) is 73.3 Å². The molecule has 3 amide bonds. The Hall–Kier alpha value is -4.46. The van der Waals surface area contributed by atoms with Gasteiger partial charge in [-0.1, -0.05) is 42.0 Å². The van der Waals surface area contributed by atoms with Crippen molar-refractivity contribution < 1.29 is 14.0 Å². The zero-order valence-electron chi connectivity index (χ0n) is 20.8. The van der Waals surface area contributed by atoms with Gasteiger partial charge in [-0.2, -0.15) is 5.10 Å². The average Bonchev–Trinajstić information content (AvgIpc) is 3.22. The third-order valence-electron chi connectivity index (χ3n) is 6.61. The summed E-state index contributed by atoms with van der Waals surface area (Å²) in [6.07, 6.45) is 0.632. The maximum atomic E-state index is 13.6. The van der Waals surface area contributed by atoms with Crippen LogP contribution in [0.4, 0.5) is 20.6 Å². The van der Waals surface area contributed by atoms with Gasteiger partial charge in [0, 0.05) is 48.2 Å². The molecule has 1 aliphatic heterocycles. The lowest BCUT2D eigenvalue weighted by atomic mass is 10.0. The lowest BCUT2D eigenvalue weighted by Gasteiger charge is -2.29. The second kappa shape index (κ2) is 10.3. The van der Waals surface area contributed by atoms with Crippen LogP contribution in [0.15, 0.2) is 78.9 Å². The average molecular weight is 498 g/mol. The largest absolute Gasteiger partial charge is 0.322 e. The van der Waals surface area contributed by atoms with Crippen molar-refractivity contribution in [2.24, 2.45) is 7.05 Å². The summed E-state index contributed by atoms with van der Waals surface area (Å²) in [6.45, 7) is 3.11. The number of carbonyl (C=O) groups is 2. The molecule has 5 rings (SSSR count). The van der Waals surface area contributed by atoms with Crippen molar-refractivity contribution in [3.8, 4) is 0 Å². The Morgan fingerprint density at radius 2 is 1.78 bits per heavy atom. The van der Waals surface area contributed by atoms with Gasteiger partial charge in [-0.15, -0.1) is 0 Å². The van der Waals surface area contributed by atoms with E-state index in [-0.39, 0.29) is 18.5 Å². The van der Waals surface area contributed by atoms with E-state index in [1.165, 1.54) is 12.1 Å². The van der Waals surface area contributed by atoms with E-state index in [2.05, 4.69) is 5.32 Å². The third-order valence-corrected chi connectivity index (χ3v) is 6.61. The van der Waals surface area contributed by atoms with Gasteiger partial charge in [0.1, 0.15) is 5.82 Å². The first-order valence-electron chi connectivity index (χ1n) is 12.2. The number of hydrogen-bond donors (Lipinski definition) is 1. The maximum absolute atomic E-state index is 13.6. The lowest BCUT2D eigenvalue weighted by Crippen LogP contribution is -2.39. The quantitative estimate of drug-likeness (QED) is 0.407. The number of anilines is 2. The number of rotatable bonds is 5. The van der Waals surface area contributed by atoms with Gasteiger partial charge in [0.25, 0.3) is 5.91 Å². The number of benzene rings is 3. The molecule has 1 aliphatic rings. The summed E-state index contributed by atoms with van der Waals surface area (Å²) in [6, 6.07) is 22.6. The molecule has 0 spiro atoms. The van der Waals surface area contributed by atoms with Gasteiger partial charge in [-0.3, -0.25) is 9.48 Å². The Balaban J connectivity index is 1.42. The Kier molecular flexibility index (Phi) is 6.72. The number of aryl methyl sites for hydroxylation is 2. The van der Waals surface area contributed by atoms with E-state index < -0.39 is 5.82 Å². The van der Waals surface area contributed by atoms with Crippen molar-refractivity contribution in [2.75, 3.05) is 16.8 Å². The van der Waals surface area contributed by atoms with Crippen LogP contribution in [0.1, 0.15) is 32.9 Å². The van der Waals surface area contributed by atoms with E-state index in [4.69, 9.17) is 5.10 Å². The van der Waals surface area contributed by atoms with Crippen molar-refractivity contribution in [3.05, 3.63) is 113 Å². The fourth-order valence-electron chi connectivity index (χ4n) is 4.63. The van der Waals surface area contributed by atoms with Gasteiger partial charge in [0.05, 0.1) is 18.8 Å². The van der Waals surface area contributed by atoms with Crippen LogP contribution in [-0.2, 0) is 26.6 Å². The zero-order valence-corrected chi connectivity index (χ0v) is 20.8. The van der Waals surface area contributed by atoms with Crippen LogP contribution in [-0.4, -0.2) is 33.2 Å². The number of amides is 3. The SMILES string of the molecule is Cc1ccc(C(=O)N(Cc2nn(C)c3c2CN(C(=O)Nc2cccc(F)c2)CC3)c2ccccc2)cc1. The summed E-state index contributed by atoms with van der Waals surface area (Å²) in [5, 5.41) is 7.53. The molecule has 1 N–H and O–H groups in total. The van der Waals surface area contributed by atoms with Crippen LogP contribution in [0.25, 0.3) is 0 Å². The zero-order chi connectivity index (χ0) is 25.9. The molecule has 0 atom stereocenters. The minimum absolute atomic E-state index is 0.123. The number of halogens is 1. The second-order valence-corrected chi connectivity index (χ2v) is 9.20. The fraction of sp³-hybridized carbons (Fsp3) is 0.207. The van der Waals surface area contributed by atoms with E-state index in [1.54, 1.807) is 21.9 Å². The molecule has 4 aromatic rings. The Morgan fingerprint density at radius 3 is 2.51 bits per heavy atom. The molecule has 37 heavy (non-hydrogen) atoms. The number of para-hydroxylation sites is 1. The third kappa shape index (κ3) is 5.23. The Morgan fingerprint density at radius 1 is 1.03 bits per heavy atom. The van der Waals surface area contributed by atoms with Crippen molar-refractivity contribution in [1.29, 1.82) is 0 Å². The van der Waals surface area contributed by atoms with Gasteiger partial charge >= 0.3 is 6.03 Å². The molecule has 7 nitrogen and oxygen atoms in total. The van der Waals surface area contributed by atoms with Gasteiger partial charge in [-0.05, 0) is 49.4 Å². The molecule has 0 fully saturated rings. The number of fused-ring (bicyclic) bond motifs is 1. The van der Waals surface area contributed by atoms with Crippen LogP contribution in [0.3, 0.4) is 0 Å². The second-order valence-electron chi connectivity index (χ2n) is 9.20. The predicted molar refractivity (Wildman–Crippen MR) is 141 cm³/mol. The Bertz CT molecular complexity index is 1430. The monoisotopic (exact) mass is 497 g/mol. The van der Waals surface area contributed by atoms with Crippen molar-refractivity contribution in [1.82, 2.24) is 14.7 Å².